The molecule has 0 aliphatic rings. The summed E-state index contributed by atoms with van der Waals surface area (Å²) in [4.78, 5) is 27.8. The maximum atomic E-state index is 14.1. The number of nitrogens with one attached hydrogen (secondary N) is 1. The Hall–Kier alpha value is -4.26. The molecular weight excluding hydrogens is 620 g/mol. The number of rotatable bonds is 15. The Bertz CT molecular complexity index is 1580. The molecule has 4 N–H and O–H groups in total. The molecule has 0 bridgehead atoms. The van der Waals surface area contributed by atoms with Crippen LogP contribution in [0.25, 0.3) is 0 Å². The average Bonchev–Trinajstić information content (AvgIpc) is 3.00. The van der Waals surface area contributed by atoms with Gasteiger partial charge in [0.05, 0.1) is 23.3 Å². The third kappa shape index (κ3) is 10.6. The lowest BCUT2D eigenvalue weighted by atomic mass is 9.84. The monoisotopic (exact) mass is 666 g/mol. The van der Waals surface area contributed by atoms with E-state index in [0.29, 0.717) is 11.1 Å². The van der Waals surface area contributed by atoms with Crippen molar-refractivity contribution < 1.29 is 33.4 Å². The average molecular weight is 667 g/mol. The van der Waals surface area contributed by atoms with Crippen LogP contribution in [0.5, 0.6) is 0 Å². The fraction of sp³-hybridized carbons (Fsp3) is 0.400. The number of carbonyl (C=O) groups is 2. The van der Waals surface area contributed by atoms with Crippen molar-refractivity contribution in [2.75, 3.05) is 13.1 Å². The molecule has 3 aromatic carbocycles. The van der Waals surface area contributed by atoms with Crippen LogP contribution in [0.15, 0.2) is 95.0 Å². The van der Waals surface area contributed by atoms with Gasteiger partial charge in [0.25, 0.3) is 0 Å². The molecule has 3 aromatic rings. The lowest BCUT2D eigenvalue weighted by molar-refractivity contribution is -0.131. The number of hydrogen-bond donors (Lipinski definition) is 4. The van der Waals surface area contributed by atoms with E-state index in [1.165, 1.54) is 34.8 Å². The Morgan fingerprint density at radius 1 is 0.894 bits per heavy atom. The van der Waals surface area contributed by atoms with Gasteiger partial charge in [0.1, 0.15) is 6.04 Å². The summed E-state index contributed by atoms with van der Waals surface area (Å²) in [7, 11) is -4.09. The molecule has 254 valence electrons. The zero-order valence-corrected chi connectivity index (χ0v) is 28.3. The number of hydrogen-bond acceptors (Lipinski definition) is 7. The topological polar surface area (TPSA) is 160 Å². The van der Waals surface area contributed by atoms with E-state index in [0.717, 1.165) is 10.5 Å². The van der Waals surface area contributed by atoms with Gasteiger partial charge in [0.2, 0.25) is 15.9 Å². The smallest absolute Gasteiger partial charge is 0.408 e. The third-order valence-corrected chi connectivity index (χ3v) is 9.44. The van der Waals surface area contributed by atoms with Crippen molar-refractivity contribution in [2.24, 2.45) is 16.5 Å². The zero-order chi connectivity index (χ0) is 34.8. The first-order valence-corrected chi connectivity index (χ1v) is 16.9. The molecule has 47 heavy (non-hydrogen) atoms. The van der Waals surface area contributed by atoms with Crippen molar-refractivity contribution >= 4 is 28.2 Å². The van der Waals surface area contributed by atoms with E-state index in [1.54, 1.807) is 45.0 Å². The van der Waals surface area contributed by atoms with Crippen molar-refractivity contribution in [3.63, 3.8) is 0 Å². The second-order valence-corrected chi connectivity index (χ2v) is 15.0. The Morgan fingerprint density at radius 2 is 1.45 bits per heavy atom. The quantitative estimate of drug-likeness (QED) is 0.103. The Kier molecular flexibility index (Phi) is 13.1. The molecule has 0 aliphatic carbocycles. The molecule has 3 atom stereocenters. The minimum absolute atomic E-state index is 0.00473. The van der Waals surface area contributed by atoms with E-state index in [4.69, 9.17) is 5.21 Å². The molecular formula is C35H46N4O7S. The van der Waals surface area contributed by atoms with E-state index in [9.17, 15) is 28.2 Å². The van der Waals surface area contributed by atoms with Crippen molar-refractivity contribution in [3.05, 3.63) is 102 Å². The van der Waals surface area contributed by atoms with Crippen LogP contribution in [0.3, 0.4) is 0 Å². The Morgan fingerprint density at radius 3 is 1.94 bits per heavy atom. The largest absolute Gasteiger partial charge is 0.465 e. The maximum absolute atomic E-state index is 14.1. The molecule has 0 saturated carbocycles. The highest BCUT2D eigenvalue weighted by atomic mass is 32.2. The van der Waals surface area contributed by atoms with Gasteiger partial charge in [0, 0.05) is 19.6 Å². The number of aliphatic hydroxyl groups is 1. The molecule has 0 fully saturated rings. The first-order chi connectivity index (χ1) is 22.1. The number of aliphatic hydroxyl groups excluding tert-OH is 1. The summed E-state index contributed by atoms with van der Waals surface area (Å²) in [5, 5.41) is 36.6. The van der Waals surface area contributed by atoms with Gasteiger partial charge in [-0.25, -0.2) is 13.2 Å². The number of oxime groups is 1. The molecule has 3 rings (SSSR count). The molecule has 0 radical (unpaired) electrons. The summed E-state index contributed by atoms with van der Waals surface area (Å²) in [5.41, 5.74) is 1.18. The van der Waals surface area contributed by atoms with Gasteiger partial charge in [-0.3, -0.25) is 9.69 Å². The number of sulfonamides is 1. The second kappa shape index (κ2) is 16.5. The van der Waals surface area contributed by atoms with Crippen molar-refractivity contribution in [1.29, 1.82) is 0 Å². The standard InChI is InChI=1S/C35H46N4O7S/c1-25(2)22-38(47(45,46)29-18-16-27(17-19-29)21-36-44)24-31(40)30(20-26-12-8-6-9-13-26)37-33(41)32(35(3,4)5)39(34(42)43)23-28-14-10-7-11-15-28/h6-19,21,25,30-32,40,44H,20,22-24H2,1-5H3,(H,37,41)(H,42,43)/t30-,31+,32+/m0/s1. The minimum Gasteiger partial charge on any atom is -0.465 e. The molecule has 11 nitrogen and oxygen atoms in total. The summed E-state index contributed by atoms with van der Waals surface area (Å²) < 4.78 is 28.8. The van der Waals surface area contributed by atoms with Crippen molar-refractivity contribution in [2.45, 2.75) is 70.7 Å². The molecule has 12 heteroatoms. The first-order valence-electron chi connectivity index (χ1n) is 15.5. The maximum Gasteiger partial charge on any atom is 0.408 e. The zero-order valence-electron chi connectivity index (χ0n) is 27.5. The second-order valence-electron chi connectivity index (χ2n) is 13.1. The summed E-state index contributed by atoms with van der Waals surface area (Å²) in [5.74, 6) is -0.692. The number of nitrogens with zero attached hydrogens (tertiary/aromatic N) is 3. The van der Waals surface area contributed by atoms with Gasteiger partial charge in [-0.1, -0.05) is 113 Å². The lowest BCUT2D eigenvalue weighted by Crippen LogP contribution is -2.59. The SMILES string of the molecule is CC(C)CN(C[C@@H](O)[C@H](Cc1ccccc1)NC(=O)[C@@H](N(Cc1ccccc1)C(=O)O)C(C)(C)C)S(=O)(=O)c1ccc(C=NO)cc1. The molecule has 0 unspecified atom stereocenters. The van der Waals surface area contributed by atoms with E-state index in [-0.39, 0.29) is 36.9 Å². The van der Waals surface area contributed by atoms with E-state index in [2.05, 4.69) is 10.5 Å². The van der Waals surface area contributed by atoms with Crippen molar-refractivity contribution in [3.8, 4) is 0 Å². The normalized spacial score (nSPS) is 14.2. The lowest BCUT2D eigenvalue weighted by Gasteiger charge is -2.39. The number of carbonyl (C=O) groups excluding carboxylic acids is 1. The summed E-state index contributed by atoms with van der Waals surface area (Å²) in [6, 6.07) is 21.9. The summed E-state index contributed by atoms with van der Waals surface area (Å²) >= 11 is 0. The van der Waals surface area contributed by atoms with Gasteiger partial charge < -0.3 is 20.7 Å². The van der Waals surface area contributed by atoms with Crippen LogP contribution in [0.4, 0.5) is 4.79 Å². The Labute approximate surface area is 277 Å². The van der Waals surface area contributed by atoms with Crippen LogP contribution in [0.2, 0.25) is 0 Å². The van der Waals surface area contributed by atoms with Crippen LogP contribution >= 0.6 is 0 Å². The summed E-state index contributed by atoms with van der Waals surface area (Å²) in [6.45, 7) is 8.78. The molecule has 2 amide bonds. The predicted octanol–water partition coefficient (Wildman–Crippen LogP) is 4.82. The van der Waals surface area contributed by atoms with E-state index >= 15 is 0 Å². The molecule has 0 heterocycles. The highest BCUT2D eigenvalue weighted by Crippen LogP contribution is 2.27. The number of carboxylic acid groups (broad SMARTS) is 1. The predicted molar refractivity (Wildman–Crippen MR) is 181 cm³/mol. The summed E-state index contributed by atoms with van der Waals surface area (Å²) in [6.07, 6.45) is -1.28. The van der Waals surface area contributed by atoms with Gasteiger partial charge in [-0.05, 0) is 46.6 Å². The molecule has 0 spiro atoms. The molecule has 0 aliphatic heterocycles. The van der Waals surface area contributed by atoms with E-state index < -0.39 is 45.6 Å². The van der Waals surface area contributed by atoms with Gasteiger partial charge >= 0.3 is 6.09 Å². The highest BCUT2D eigenvalue weighted by molar-refractivity contribution is 7.89. The fourth-order valence-electron chi connectivity index (χ4n) is 5.42. The number of benzene rings is 3. The van der Waals surface area contributed by atoms with Crippen LogP contribution < -0.4 is 5.32 Å². The Balaban J connectivity index is 1.97. The van der Waals surface area contributed by atoms with Gasteiger partial charge in [-0.2, -0.15) is 4.31 Å². The third-order valence-electron chi connectivity index (χ3n) is 7.60. The molecule has 0 saturated heterocycles. The van der Waals surface area contributed by atoms with E-state index in [1.807, 2.05) is 50.2 Å². The first kappa shape index (κ1) is 37.2. The highest BCUT2D eigenvalue weighted by Gasteiger charge is 2.41. The van der Waals surface area contributed by atoms with Gasteiger partial charge in [0.15, 0.2) is 0 Å². The molecule has 0 aromatic heterocycles. The fourth-order valence-corrected chi connectivity index (χ4v) is 7.04. The van der Waals surface area contributed by atoms with Gasteiger partial charge in [-0.15, -0.1) is 0 Å². The van der Waals surface area contributed by atoms with Crippen LogP contribution in [-0.4, -0.2) is 82.5 Å². The van der Waals surface area contributed by atoms with Crippen LogP contribution in [0, 0.1) is 11.3 Å². The van der Waals surface area contributed by atoms with Crippen molar-refractivity contribution in [1.82, 2.24) is 14.5 Å². The number of amides is 2. The van der Waals surface area contributed by atoms with Crippen LogP contribution in [-0.2, 0) is 27.8 Å². The minimum atomic E-state index is -4.09. The van der Waals surface area contributed by atoms with Crippen LogP contribution in [0.1, 0.15) is 51.3 Å².